The van der Waals surface area contributed by atoms with E-state index in [1.165, 1.54) is 18.5 Å². The van der Waals surface area contributed by atoms with Gasteiger partial charge in [0.1, 0.15) is 5.69 Å². The number of aliphatic hydroxyl groups excluding tert-OH is 1. The minimum Gasteiger partial charge on any atom is -0.481 e. The Morgan fingerprint density at radius 3 is 2.47 bits per heavy atom. The zero-order valence-electron chi connectivity index (χ0n) is 18.1. The topological polar surface area (TPSA) is 93.9 Å². The molecule has 0 aliphatic rings. The normalized spacial score (nSPS) is 11.8. The van der Waals surface area contributed by atoms with Crippen LogP contribution in [-0.4, -0.2) is 50.4 Å². The summed E-state index contributed by atoms with van der Waals surface area (Å²) < 4.78 is 41.3. The standard InChI is InChI=1S/C23H25N3O5S/c1-25-19-8-5-4-7-17(19)18-15-16(9-10-20(18)25)32(28,29)26(13-6-14-27)21-11-12-22(30-2)24-23(21)31-3/h4-5,7-12,15,27H,6,13-14H2,1-3H3. The lowest BCUT2D eigenvalue weighted by atomic mass is 10.1. The number of methoxy groups -OCH3 is 2. The Labute approximate surface area is 186 Å². The molecule has 4 rings (SSSR count). The molecular weight excluding hydrogens is 430 g/mol. The van der Waals surface area contributed by atoms with Gasteiger partial charge in [0.2, 0.25) is 11.8 Å². The molecule has 2 aromatic heterocycles. The Hall–Kier alpha value is -3.30. The number of sulfonamides is 1. The van der Waals surface area contributed by atoms with Crippen LogP contribution in [-0.2, 0) is 17.1 Å². The van der Waals surface area contributed by atoms with Gasteiger partial charge in [-0.1, -0.05) is 18.2 Å². The van der Waals surface area contributed by atoms with E-state index in [1.807, 2.05) is 41.9 Å². The molecular formula is C23H25N3O5S. The number of pyridine rings is 1. The molecule has 2 aromatic carbocycles. The van der Waals surface area contributed by atoms with Crippen LogP contribution in [0.5, 0.6) is 11.8 Å². The van der Waals surface area contributed by atoms with Gasteiger partial charge >= 0.3 is 0 Å². The maximum atomic E-state index is 13.8. The predicted molar refractivity (Wildman–Crippen MR) is 124 cm³/mol. The Balaban J connectivity index is 1.88. The van der Waals surface area contributed by atoms with Gasteiger partial charge in [-0.05, 0) is 36.8 Å². The van der Waals surface area contributed by atoms with Crippen molar-refractivity contribution in [3.8, 4) is 11.8 Å². The van der Waals surface area contributed by atoms with Crippen molar-refractivity contribution in [2.45, 2.75) is 11.3 Å². The van der Waals surface area contributed by atoms with Crippen LogP contribution in [0.3, 0.4) is 0 Å². The Bertz CT molecular complexity index is 1380. The third-order valence-electron chi connectivity index (χ3n) is 5.48. The summed E-state index contributed by atoms with van der Waals surface area (Å²) in [6.07, 6.45) is 0.255. The molecule has 168 valence electrons. The number of hydrogen-bond acceptors (Lipinski definition) is 6. The van der Waals surface area contributed by atoms with E-state index >= 15 is 0 Å². The first-order valence-corrected chi connectivity index (χ1v) is 11.6. The first-order chi connectivity index (χ1) is 15.4. The summed E-state index contributed by atoms with van der Waals surface area (Å²) in [7, 11) is 0.876. The first kappa shape index (κ1) is 21.9. The fourth-order valence-corrected chi connectivity index (χ4v) is 5.42. The fraction of sp³-hybridized carbons (Fsp3) is 0.261. The average molecular weight is 456 g/mol. The van der Waals surface area contributed by atoms with Crippen LogP contribution in [0, 0.1) is 0 Å². The predicted octanol–water partition coefficient (Wildman–Crippen LogP) is 3.32. The van der Waals surface area contributed by atoms with Crippen LogP contribution in [0.2, 0.25) is 0 Å². The molecule has 0 radical (unpaired) electrons. The SMILES string of the molecule is COc1ccc(N(CCCO)S(=O)(=O)c2ccc3c(c2)c2ccccc2n3C)c(OC)n1. The quantitative estimate of drug-likeness (QED) is 0.438. The molecule has 0 saturated heterocycles. The third kappa shape index (κ3) is 3.63. The van der Waals surface area contributed by atoms with Gasteiger partial charge in [-0.3, -0.25) is 4.31 Å². The Morgan fingerprint density at radius 1 is 1.00 bits per heavy atom. The number of aryl methyl sites for hydroxylation is 1. The number of para-hydroxylation sites is 1. The smallest absolute Gasteiger partial charge is 0.264 e. The molecule has 32 heavy (non-hydrogen) atoms. The lowest BCUT2D eigenvalue weighted by Crippen LogP contribution is -2.33. The number of anilines is 1. The monoisotopic (exact) mass is 455 g/mol. The van der Waals surface area contributed by atoms with Crippen LogP contribution < -0.4 is 13.8 Å². The number of aliphatic hydroxyl groups is 1. The molecule has 0 aliphatic carbocycles. The van der Waals surface area contributed by atoms with Crippen molar-refractivity contribution in [2.75, 3.05) is 31.7 Å². The zero-order chi connectivity index (χ0) is 22.9. The van der Waals surface area contributed by atoms with Crippen molar-refractivity contribution in [1.29, 1.82) is 0 Å². The molecule has 2 heterocycles. The molecule has 0 atom stereocenters. The second-order valence-electron chi connectivity index (χ2n) is 7.29. The van der Waals surface area contributed by atoms with Gasteiger partial charge in [-0.15, -0.1) is 0 Å². The summed E-state index contributed by atoms with van der Waals surface area (Å²) in [6.45, 7) is -0.0863. The first-order valence-electron chi connectivity index (χ1n) is 10.1. The largest absolute Gasteiger partial charge is 0.481 e. The van der Waals surface area contributed by atoms with Gasteiger partial charge in [0.15, 0.2) is 0 Å². The molecule has 0 unspecified atom stereocenters. The van der Waals surface area contributed by atoms with Crippen LogP contribution in [0.1, 0.15) is 6.42 Å². The average Bonchev–Trinajstić information content (AvgIpc) is 3.11. The maximum absolute atomic E-state index is 13.8. The molecule has 8 nitrogen and oxygen atoms in total. The maximum Gasteiger partial charge on any atom is 0.264 e. The van der Waals surface area contributed by atoms with Crippen LogP contribution in [0.15, 0.2) is 59.5 Å². The fourth-order valence-electron chi connectivity index (χ4n) is 3.89. The van der Waals surface area contributed by atoms with Gasteiger partial charge in [-0.25, -0.2) is 8.42 Å². The summed E-state index contributed by atoms with van der Waals surface area (Å²) in [5.41, 5.74) is 2.24. The summed E-state index contributed by atoms with van der Waals surface area (Å²) >= 11 is 0. The Morgan fingerprint density at radius 2 is 1.75 bits per heavy atom. The molecule has 0 saturated carbocycles. The minimum absolute atomic E-state index is 0.0662. The summed E-state index contributed by atoms with van der Waals surface area (Å²) in [6, 6.07) is 16.2. The number of aromatic nitrogens is 2. The van der Waals surface area contributed by atoms with E-state index in [2.05, 4.69) is 4.98 Å². The highest BCUT2D eigenvalue weighted by Gasteiger charge is 2.28. The van der Waals surface area contributed by atoms with Crippen molar-refractivity contribution in [2.24, 2.45) is 7.05 Å². The highest BCUT2D eigenvalue weighted by atomic mass is 32.2. The second-order valence-corrected chi connectivity index (χ2v) is 9.15. The minimum atomic E-state index is -3.98. The lowest BCUT2D eigenvalue weighted by molar-refractivity contribution is 0.291. The van der Waals surface area contributed by atoms with Crippen LogP contribution >= 0.6 is 0 Å². The summed E-state index contributed by atoms with van der Waals surface area (Å²) in [5, 5.41) is 11.2. The summed E-state index contributed by atoms with van der Waals surface area (Å²) in [4.78, 5) is 4.37. The third-order valence-corrected chi connectivity index (χ3v) is 7.29. The van der Waals surface area contributed by atoms with Gasteiger partial charge in [0, 0.05) is 48.1 Å². The van der Waals surface area contributed by atoms with Gasteiger partial charge in [0.25, 0.3) is 10.0 Å². The zero-order valence-corrected chi connectivity index (χ0v) is 19.0. The number of nitrogens with zero attached hydrogens (tertiary/aromatic N) is 3. The number of fused-ring (bicyclic) bond motifs is 3. The highest BCUT2D eigenvalue weighted by Crippen LogP contribution is 2.35. The molecule has 0 bridgehead atoms. The van der Waals surface area contributed by atoms with Gasteiger partial charge < -0.3 is 19.1 Å². The Kier molecular flexibility index (Phi) is 5.94. The van der Waals surface area contributed by atoms with E-state index in [0.717, 1.165) is 21.8 Å². The van der Waals surface area contributed by atoms with E-state index < -0.39 is 10.0 Å². The van der Waals surface area contributed by atoms with Crippen molar-refractivity contribution in [3.05, 3.63) is 54.6 Å². The van der Waals surface area contributed by atoms with E-state index in [-0.39, 0.29) is 36.0 Å². The number of benzene rings is 2. The van der Waals surface area contributed by atoms with Gasteiger partial charge in [-0.2, -0.15) is 4.98 Å². The van der Waals surface area contributed by atoms with E-state index in [1.54, 1.807) is 24.3 Å². The molecule has 4 aromatic rings. The van der Waals surface area contributed by atoms with Crippen LogP contribution in [0.4, 0.5) is 5.69 Å². The second kappa shape index (κ2) is 8.68. The van der Waals surface area contributed by atoms with Gasteiger partial charge in [0.05, 0.1) is 19.1 Å². The van der Waals surface area contributed by atoms with E-state index in [9.17, 15) is 13.5 Å². The number of rotatable bonds is 8. The molecule has 9 heteroatoms. The lowest BCUT2D eigenvalue weighted by Gasteiger charge is -2.25. The van der Waals surface area contributed by atoms with E-state index in [4.69, 9.17) is 9.47 Å². The molecule has 0 fully saturated rings. The van der Waals surface area contributed by atoms with Crippen molar-refractivity contribution in [1.82, 2.24) is 9.55 Å². The molecule has 0 amide bonds. The summed E-state index contributed by atoms with van der Waals surface area (Å²) in [5.74, 6) is 0.430. The highest BCUT2D eigenvalue weighted by molar-refractivity contribution is 7.92. The van der Waals surface area contributed by atoms with Crippen molar-refractivity contribution >= 4 is 37.5 Å². The van der Waals surface area contributed by atoms with Crippen molar-refractivity contribution < 1.29 is 23.0 Å². The van der Waals surface area contributed by atoms with E-state index in [0.29, 0.717) is 5.88 Å². The number of ether oxygens (including phenoxy) is 2. The molecule has 1 N–H and O–H groups in total. The number of hydrogen-bond donors (Lipinski definition) is 1. The van der Waals surface area contributed by atoms with Crippen molar-refractivity contribution in [3.63, 3.8) is 0 Å². The van der Waals surface area contributed by atoms with Crippen LogP contribution in [0.25, 0.3) is 21.8 Å². The molecule has 0 aliphatic heterocycles. The molecule has 0 spiro atoms.